The second kappa shape index (κ2) is 7.05. The molecule has 3 aliphatic rings. The van der Waals surface area contributed by atoms with Crippen molar-refractivity contribution in [1.29, 1.82) is 0 Å². The summed E-state index contributed by atoms with van der Waals surface area (Å²) in [5.41, 5.74) is 6.55. The normalized spacial score (nSPS) is 24.8. The smallest absolute Gasteiger partial charge is 0.522 e. The SMILES string of the molecule is N[C@H]1CC[C@H](C(=O)N2CC(Oc3ccc4c(c3C(=O)O)OB(O)CC4)C2)C1. The van der Waals surface area contributed by atoms with E-state index in [1.54, 1.807) is 17.0 Å². The number of nitrogens with zero attached hydrogens (tertiary/aromatic N) is 1. The van der Waals surface area contributed by atoms with Crippen molar-refractivity contribution in [2.45, 2.75) is 44.1 Å². The van der Waals surface area contributed by atoms with Gasteiger partial charge in [-0.3, -0.25) is 4.79 Å². The van der Waals surface area contributed by atoms with E-state index in [2.05, 4.69) is 0 Å². The van der Waals surface area contributed by atoms with Crippen molar-refractivity contribution in [3.63, 3.8) is 0 Å². The first-order chi connectivity index (χ1) is 12.9. The van der Waals surface area contributed by atoms with E-state index >= 15 is 0 Å². The molecule has 1 aromatic rings. The van der Waals surface area contributed by atoms with Gasteiger partial charge in [-0.25, -0.2) is 4.79 Å². The number of amides is 1. The molecule has 2 aliphatic heterocycles. The van der Waals surface area contributed by atoms with Gasteiger partial charge >= 0.3 is 13.1 Å². The van der Waals surface area contributed by atoms with E-state index in [9.17, 15) is 19.7 Å². The van der Waals surface area contributed by atoms with Gasteiger partial charge in [0.25, 0.3) is 0 Å². The molecule has 0 spiro atoms. The van der Waals surface area contributed by atoms with Crippen LogP contribution in [0.1, 0.15) is 35.2 Å². The average molecular weight is 374 g/mol. The molecule has 144 valence electrons. The number of ether oxygens (including phenoxy) is 1. The highest BCUT2D eigenvalue weighted by molar-refractivity contribution is 6.44. The highest BCUT2D eigenvalue weighted by atomic mass is 16.5. The maximum absolute atomic E-state index is 12.4. The number of fused-ring (bicyclic) bond motifs is 1. The molecule has 1 amide bonds. The zero-order valence-electron chi connectivity index (χ0n) is 15.0. The van der Waals surface area contributed by atoms with Crippen molar-refractivity contribution in [3.05, 3.63) is 23.3 Å². The van der Waals surface area contributed by atoms with Gasteiger partial charge in [0, 0.05) is 12.0 Å². The van der Waals surface area contributed by atoms with Crippen molar-refractivity contribution in [1.82, 2.24) is 4.90 Å². The van der Waals surface area contributed by atoms with Crippen LogP contribution in [0.4, 0.5) is 0 Å². The highest BCUT2D eigenvalue weighted by Gasteiger charge is 2.39. The Morgan fingerprint density at radius 2 is 2.07 bits per heavy atom. The van der Waals surface area contributed by atoms with Crippen molar-refractivity contribution in [3.8, 4) is 11.5 Å². The molecule has 4 rings (SSSR count). The van der Waals surface area contributed by atoms with Gasteiger partial charge in [0.2, 0.25) is 5.91 Å². The first-order valence-electron chi connectivity index (χ1n) is 9.37. The van der Waals surface area contributed by atoms with E-state index in [0.717, 1.165) is 24.8 Å². The van der Waals surface area contributed by atoms with Gasteiger partial charge < -0.3 is 30.2 Å². The van der Waals surface area contributed by atoms with Crippen LogP contribution in [-0.4, -0.2) is 59.3 Å². The molecular weight excluding hydrogens is 351 g/mol. The molecule has 9 heteroatoms. The average Bonchev–Trinajstić information content (AvgIpc) is 3.02. The van der Waals surface area contributed by atoms with Crippen LogP contribution >= 0.6 is 0 Å². The molecule has 1 saturated carbocycles. The van der Waals surface area contributed by atoms with E-state index in [-0.39, 0.29) is 41.0 Å². The standard InChI is InChI=1S/C18H23BN2O6/c20-12-3-1-11(7-12)17(22)21-8-13(9-21)26-14-4-2-10-5-6-19(25)27-16(10)15(14)18(23)24/h2,4,11-13,25H,1,3,5-9,20H2,(H,23,24)/t11-,12-/m0/s1. The summed E-state index contributed by atoms with van der Waals surface area (Å²) in [4.78, 5) is 25.9. The summed E-state index contributed by atoms with van der Waals surface area (Å²) < 4.78 is 11.2. The third kappa shape index (κ3) is 3.49. The Kier molecular flexibility index (Phi) is 4.73. The van der Waals surface area contributed by atoms with Gasteiger partial charge in [0.1, 0.15) is 23.2 Å². The summed E-state index contributed by atoms with van der Waals surface area (Å²) in [6.45, 7) is 0.869. The lowest BCUT2D eigenvalue weighted by Gasteiger charge is -2.40. The van der Waals surface area contributed by atoms with E-state index in [0.29, 0.717) is 25.8 Å². The van der Waals surface area contributed by atoms with Crippen molar-refractivity contribution < 1.29 is 29.1 Å². The molecule has 27 heavy (non-hydrogen) atoms. The minimum Gasteiger partial charge on any atom is -0.535 e. The zero-order valence-corrected chi connectivity index (χ0v) is 15.0. The number of nitrogens with two attached hydrogens (primary N) is 1. The van der Waals surface area contributed by atoms with Gasteiger partial charge in [-0.05, 0) is 43.6 Å². The first kappa shape index (κ1) is 18.1. The van der Waals surface area contributed by atoms with Crippen LogP contribution in [-0.2, 0) is 11.2 Å². The number of carboxylic acid groups (broad SMARTS) is 1. The molecule has 1 aliphatic carbocycles. The molecule has 0 aromatic heterocycles. The minimum absolute atomic E-state index is 0.00540. The van der Waals surface area contributed by atoms with Gasteiger partial charge in [-0.2, -0.15) is 0 Å². The Labute approximate surface area is 157 Å². The third-order valence-corrected chi connectivity index (χ3v) is 5.61. The number of aryl methyl sites for hydroxylation is 1. The number of carboxylic acids is 1. The number of carbonyl (C=O) groups is 2. The molecule has 0 bridgehead atoms. The monoisotopic (exact) mass is 374 g/mol. The maximum atomic E-state index is 12.4. The topological polar surface area (TPSA) is 122 Å². The Bertz CT molecular complexity index is 766. The lowest BCUT2D eigenvalue weighted by Crippen LogP contribution is -2.57. The number of hydrogen-bond acceptors (Lipinski definition) is 6. The molecular formula is C18H23BN2O6. The largest absolute Gasteiger partial charge is 0.535 e. The second-order valence-corrected chi connectivity index (χ2v) is 7.60. The summed E-state index contributed by atoms with van der Waals surface area (Å²) in [6.07, 6.45) is 3.16. The molecule has 4 N–H and O–H groups in total. The minimum atomic E-state index is -1.16. The molecule has 0 unspecified atom stereocenters. The van der Waals surface area contributed by atoms with Gasteiger partial charge in [-0.1, -0.05) is 6.07 Å². The number of likely N-dealkylation sites (tertiary alicyclic amines) is 1. The zero-order chi connectivity index (χ0) is 19.1. The molecule has 0 radical (unpaired) electrons. The Balaban J connectivity index is 1.43. The van der Waals surface area contributed by atoms with Gasteiger partial charge in [-0.15, -0.1) is 0 Å². The number of hydrogen-bond donors (Lipinski definition) is 3. The van der Waals surface area contributed by atoms with Crippen LogP contribution in [0.15, 0.2) is 12.1 Å². The lowest BCUT2D eigenvalue weighted by atomic mass is 9.78. The second-order valence-electron chi connectivity index (χ2n) is 7.60. The first-order valence-corrected chi connectivity index (χ1v) is 9.37. The summed E-state index contributed by atoms with van der Waals surface area (Å²) in [5, 5.41) is 19.3. The number of rotatable bonds is 4. The molecule has 1 aromatic carbocycles. The summed E-state index contributed by atoms with van der Waals surface area (Å²) in [5.74, 6) is -0.684. The van der Waals surface area contributed by atoms with E-state index in [4.69, 9.17) is 15.1 Å². The lowest BCUT2D eigenvalue weighted by molar-refractivity contribution is -0.144. The maximum Gasteiger partial charge on any atom is 0.522 e. The fourth-order valence-corrected chi connectivity index (χ4v) is 4.08. The van der Waals surface area contributed by atoms with Crippen LogP contribution in [0.25, 0.3) is 0 Å². The van der Waals surface area contributed by atoms with Crippen LogP contribution in [0.3, 0.4) is 0 Å². The molecule has 2 heterocycles. The highest BCUT2D eigenvalue weighted by Crippen LogP contribution is 2.37. The molecule has 2 fully saturated rings. The van der Waals surface area contributed by atoms with Crippen molar-refractivity contribution in [2.24, 2.45) is 11.7 Å². The van der Waals surface area contributed by atoms with Crippen molar-refractivity contribution >= 4 is 19.0 Å². The summed E-state index contributed by atoms with van der Waals surface area (Å²) in [6, 6.07) is 3.50. The summed E-state index contributed by atoms with van der Waals surface area (Å²) in [7, 11) is -1.01. The predicted octanol–water partition coefficient (Wildman–Crippen LogP) is 0.517. The number of carbonyl (C=O) groups excluding carboxylic acids is 1. The van der Waals surface area contributed by atoms with Crippen molar-refractivity contribution in [2.75, 3.05) is 13.1 Å². The van der Waals surface area contributed by atoms with Crippen LogP contribution in [0.5, 0.6) is 11.5 Å². The summed E-state index contributed by atoms with van der Waals surface area (Å²) >= 11 is 0. The predicted molar refractivity (Wildman–Crippen MR) is 96.8 cm³/mol. The fourth-order valence-electron chi connectivity index (χ4n) is 4.08. The Hall–Kier alpha value is -2.26. The Morgan fingerprint density at radius 3 is 2.74 bits per heavy atom. The van der Waals surface area contributed by atoms with E-state index in [1.165, 1.54) is 0 Å². The number of benzene rings is 1. The molecule has 8 nitrogen and oxygen atoms in total. The third-order valence-electron chi connectivity index (χ3n) is 5.61. The quantitative estimate of drug-likeness (QED) is 0.657. The Morgan fingerprint density at radius 1 is 1.30 bits per heavy atom. The van der Waals surface area contributed by atoms with Gasteiger partial charge in [0.05, 0.1) is 13.1 Å². The van der Waals surface area contributed by atoms with Gasteiger partial charge in [0.15, 0.2) is 0 Å². The van der Waals surface area contributed by atoms with E-state index < -0.39 is 13.1 Å². The van der Waals surface area contributed by atoms with E-state index in [1.807, 2.05) is 0 Å². The number of aromatic carboxylic acids is 1. The van der Waals surface area contributed by atoms with Crippen LogP contribution in [0, 0.1) is 5.92 Å². The fraction of sp³-hybridized carbons (Fsp3) is 0.556. The molecule has 2 atom stereocenters. The van der Waals surface area contributed by atoms with Crippen LogP contribution in [0.2, 0.25) is 6.32 Å². The molecule has 1 saturated heterocycles. The van der Waals surface area contributed by atoms with Crippen LogP contribution < -0.4 is 15.1 Å².